The maximum atomic E-state index is 12.2. The number of hydrogen-bond donors (Lipinski definition) is 2. The molecular weight excluding hydrogens is 262 g/mol. The number of amides is 1. The van der Waals surface area contributed by atoms with Crippen molar-refractivity contribution >= 4 is 12.0 Å². The van der Waals surface area contributed by atoms with Gasteiger partial charge < -0.3 is 10.3 Å². The molecule has 2 N–H and O–H groups in total. The summed E-state index contributed by atoms with van der Waals surface area (Å²) in [5.74, 6) is 0.191. The van der Waals surface area contributed by atoms with Gasteiger partial charge in [-0.25, -0.2) is 4.98 Å². The van der Waals surface area contributed by atoms with Crippen LogP contribution in [0.1, 0.15) is 23.4 Å². The zero-order valence-corrected chi connectivity index (χ0v) is 11.9. The van der Waals surface area contributed by atoms with Crippen LogP contribution in [0.2, 0.25) is 0 Å². The van der Waals surface area contributed by atoms with Crippen LogP contribution in [0, 0.1) is 5.92 Å². The van der Waals surface area contributed by atoms with E-state index in [4.69, 9.17) is 0 Å². The number of imidazole rings is 1. The summed E-state index contributed by atoms with van der Waals surface area (Å²) in [4.78, 5) is 19.5. The Labute approximate surface area is 124 Å². The van der Waals surface area contributed by atoms with E-state index in [0.717, 1.165) is 36.2 Å². The van der Waals surface area contributed by atoms with Crippen molar-refractivity contribution in [3.63, 3.8) is 0 Å². The third kappa shape index (κ3) is 3.40. The van der Waals surface area contributed by atoms with Crippen LogP contribution < -0.4 is 5.32 Å². The van der Waals surface area contributed by atoms with Crippen molar-refractivity contribution in [2.75, 3.05) is 6.54 Å². The van der Waals surface area contributed by atoms with Crippen LogP contribution in [0.25, 0.3) is 6.08 Å². The van der Waals surface area contributed by atoms with Gasteiger partial charge in [-0.05, 0) is 18.4 Å². The predicted octanol–water partition coefficient (Wildman–Crippen LogP) is 2.34. The molecule has 2 aromatic rings. The molecular formula is C17H19N3O. The first-order valence-electron chi connectivity index (χ1n) is 7.33. The Kier molecular flexibility index (Phi) is 4.15. The first-order valence-corrected chi connectivity index (χ1v) is 7.33. The van der Waals surface area contributed by atoms with Gasteiger partial charge in [-0.1, -0.05) is 42.5 Å². The summed E-state index contributed by atoms with van der Waals surface area (Å²) in [6.07, 6.45) is 8.26. The largest absolute Gasteiger partial charge is 0.352 e. The van der Waals surface area contributed by atoms with Crippen LogP contribution >= 0.6 is 0 Å². The fourth-order valence-corrected chi connectivity index (χ4v) is 2.69. The van der Waals surface area contributed by atoms with Gasteiger partial charge in [-0.3, -0.25) is 4.79 Å². The lowest BCUT2D eigenvalue weighted by Crippen LogP contribution is -2.34. The maximum Gasteiger partial charge on any atom is 0.223 e. The smallest absolute Gasteiger partial charge is 0.223 e. The van der Waals surface area contributed by atoms with Gasteiger partial charge in [0, 0.05) is 24.6 Å². The zero-order valence-electron chi connectivity index (χ0n) is 11.9. The summed E-state index contributed by atoms with van der Waals surface area (Å²) >= 11 is 0. The van der Waals surface area contributed by atoms with E-state index in [-0.39, 0.29) is 11.8 Å². The highest BCUT2D eigenvalue weighted by molar-refractivity contribution is 5.79. The molecule has 1 aliphatic carbocycles. The number of carbonyl (C=O) groups excluding carboxylic acids is 1. The Morgan fingerprint density at radius 2 is 2.24 bits per heavy atom. The molecule has 21 heavy (non-hydrogen) atoms. The van der Waals surface area contributed by atoms with E-state index in [1.807, 2.05) is 42.5 Å². The van der Waals surface area contributed by atoms with Crippen LogP contribution in [0.5, 0.6) is 0 Å². The lowest BCUT2D eigenvalue weighted by Gasteiger charge is -2.20. The highest BCUT2D eigenvalue weighted by Gasteiger charge is 2.25. The van der Waals surface area contributed by atoms with E-state index in [9.17, 15) is 4.79 Å². The minimum absolute atomic E-state index is 0.0584. The Balaban J connectivity index is 1.48. The molecule has 1 aromatic carbocycles. The number of hydrogen-bond acceptors (Lipinski definition) is 2. The number of aromatic amines is 1. The Bertz CT molecular complexity index is 630. The molecule has 3 rings (SSSR count). The molecule has 0 saturated heterocycles. The number of nitrogens with zero attached hydrogens (tertiary/aromatic N) is 1. The van der Waals surface area contributed by atoms with Gasteiger partial charge in [0.05, 0.1) is 12.0 Å². The first-order chi connectivity index (χ1) is 10.3. The summed E-state index contributed by atoms with van der Waals surface area (Å²) in [6.45, 7) is 0.570. The average molecular weight is 281 g/mol. The molecule has 4 heteroatoms. The molecule has 0 aliphatic heterocycles. The van der Waals surface area contributed by atoms with E-state index < -0.39 is 0 Å². The van der Waals surface area contributed by atoms with E-state index >= 15 is 0 Å². The quantitative estimate of drug-likeness (QED) is 0.903. The van der Waals surface area contributed by atoms with Crippen LogP contribution in [-0.4, -0.2) is 22.4 Å². The van der Waals surface area contributed by atoms with Gasteiger partial charge in [-0.2, -0.15) is 0 Å². The average Bonchev–Trinajstić information content (AvgIpc) is 3.00. The molecule has 0 spiro atoms. The van der Waals surface area contributed by atoms with Crippen molar-refractivity contribution in [3.05, 3.63) is 59.7 Å². The highest BCUT2D eigenvalue weighted by atomic mass is 16.1. The summed E-state index contributed by atoms with van der Waals surface area (Å²) in [7, 11) is 0. The first kappa shape index (κ1) is 13.6. The van der Waals surface area contributed by atoms with Gasteiger partial charge in [0.2, 0.25) is 5.91 Å². The number of aromatic nitrogens is 2. The van der Waals surface area contributed by atoms with Crippen molar-refractivity contribution in [3.8, 4) is 0 Å². The van der Waals surface area contributed by atoms with Gasteiger partial charge in [0.1, 0.15) is 0 Å². The summed E-state index contributed by atoms with van der Waals surface area (Å²) < 4.78 is 0. The van der Waals surface area contributed by atoms with Gasteiger partial charge in [0.25, 0.3) is 0 Å². The summed E-state index contributed by atoms with van der Waals surface area (Å²) in [6, 6.07) is 10.1. The van der Waals surface area contributed by atoms with E-state index in [1.165, 1.54) is 0 Å². The Hall–Kier alpha value is -2.36. The second kappa shape index (κ2) is 6.39. The molecule has 1 unspecified atom stereocenters. The summed E-state index contributed by atoms with van der Waals surface area (Å²) in [5.41, 5.74) is 3.37. The van der Waals surface area contributed by atoms with E-state index in [2.05, 4.69) is 15.3 Å². The second-order valence-corrected chi connectivity index (χ2v) is 5.33. The number of H-pyrrole nitrogens is 1. The van der Waals surface area contributed by atoms with Gasteiger partial charge in [0.15, 0.2) is 0 Å². The topological polar surface area (TPSA) is 57.8 Å². The number of nitrogens with one attached hydrogen (secondary N) is 2. The third-order valence-corrected chi connectivity index (χ3v) is 3.86. The van der Waals surface area contributed by atoms with E-state index in [0.29, 0.717) is 6.54 Å². The number of benzene rings is 1. The van der Waals surface area contributed by atoms with Crippen molar-refractivity contribution in [1.82, 2.24) is 15.3 Å². The lowest BCUT2D eigenvalue weighted by atomic mass is 9.89. The molecule has 1 aliphatic rings. The predicted molar refractivity (Wildman–Crippen MR) is 82.6 cm³/mol. The van der Waals surface area contributed by atoms with Crippen LogP contribution in [0.4, 0.5) is 0 Å². The molecule has 0 fully saturated rings. The third-order valence-electron chi connectivity index (χ3n) is 3.86. The molecule has 1 atom stereocenters. The van der Waals surface area contributed by atoms with Crippen molar-refractivity contribution < 1.29 is 4.79 Å². The van der Waals surface area contributed by atoms with Crippen LogP contribution in [0.15, 0.2) is 42.7 Å². The SMILES string of the molecule is O=C(NCC=Cc1ccccc1)C1CCc2nc[nH]c2C1. The molecule has 0 saturated carbocycles. The number of carbonyl (C=O) groups is 1. The minimum Gasteiger partial charge on any atom is -0.352 e. The fourth-order valence-electron chi connectivity index (χ4n) is 2.69. The monoisotopic (exact) mass is 281 g/mol. The maximum absolute atomic E-state index is 12.2. The Morgan fingerprint density at radius 1 is 1.38 bits per heavy atom. The number of aryl methyl sites for hydroxylation is 1. The normalized spacial score (nSPS) is 17.6. The van der Waals surface area contributed by atoms with Crippen molar-refractivity contribution in [2.45, 2.75) is 19.3 Å². The second-order valence-electron chi connectivity index (χ2n) is 5.33. The highest BCUT2D eigenvalue weighted by Crippen LogP contribution is 2.22. The molecule has 4 nitrogen and oxygen atoms in total. The fraction of sp³-hybridized carbons (Fsp3) is 0.294. The van der Waals surface area contributed by atoms with Crippen LogP contribution in [0.3, 0.4) is 0 Å². The van der Waals surface area contributed by atoms with E-state index in [1.54, 1.807) is 6.33 Å². The molecule has 108 valence electrons. The number of fused-ring (bicyclic) bond motifs is 1. The summed E-state index contributed by atoms with van der Waals surface area (Å²) in [5, 5.41) is 2.99. The molecule has 1 amide bonds. The van der Waals surface area contributed by atoms with Gasteiger partial charge >= 0.3 is 0 Å². The standard InChI is InChI=1S/C17H19N3O/c21-17(14-8-9-15-16(11-14)20-12-19-15)18-10-4-7-13-5-2-1-3-6-13/h1-7,12,14H,8-11H2,(H,18,21)(H,19,20). The molecule has 0 bridgehead atoms. The molecule has 1 heterocycles. The van der Waals surface area contributed by atoms with Crippen LogP contribution in [-0.2, 0) is 17.6 Å². The van der Waals surface area contributed by atoms with Crippen molar-refractivity contribution in [2.24, 2.45) is 5.92 Å². The van der Waals surface area contributed by atoms with Crippen molar-refractivity contribution in [1.29, 1.82) is 0 Å². The lowest BCUT2D eigenvalue weighted by molar-refractivity contribution is -0.125. The molecule has 0 radical (unpaired) electrons. The Morgan fingerprint density at radius 3 is 3.10 bits per heavy atom. The van der Waals surface area contributed by atoms with Gasteiger partial charge in [-0.15, -0.1) is 0 Å². The number of rotatable bonds is 4. The minimum atomic E-state index is 0.0584. The zero-order chi connectivity index (χ0) is 14.5. The molecule has 1 aromatic heterocycles.